The second kappa shape index (κ2) is 6.90. The van der Waals surface area contributed by atoms with Gasteiger partial charge in [0.25, 0.3) is 5.91 Å². The summed E-state index contributed by atoms with van der Waals surface area (Å²) in [6.45, 7) is 4.64. The lowest BCUT2D eigenvalue weighted by molar-refractivity contribution is 0.0950. The summed E-state index contributed by atoms with van der Waals surface area (Å²) in [7, 11) is 0. The van der Waals surface area contributed by atoms with E-state index in [9.17, 15) is 4.79 Å². The fraction of sp³-hybridized carbons (Fsp3) is 0.200. The lowest BCUT2D eigenvalue weighted by Gasteiger charge is -2.08. The fourth-order valence-corrected chi connectivity index (χ4v) is 1.77. The Balaban J connectivity index is 0.00000180. The third-order valence-electron chi connectivity index (χ3n) is 2.87. The molecule has 3 nitrogen and oxygen atoms in total. The van der Waals surface area contributed by atoms with Gasteiger partial charge in [-0.3, -0.25) is 9.78 Å². The van der Waals surface area contributed by atoms with Crippen LogP contribution in [0.3, 0.4) is 0 Å². The minimum absolute atomic E-state index is 0. The average molecular weight is 277 g/mol. The number of aryl methyl sites for hydroxylation is 2. The number of carbonyl (C=O) groups excluding carboxylic acids is 1. The molecule has 1 aromatic carbocycles. The Morgan fingerprint density at radius 2 is 2.05 bits per heavy atom. The first kappa shape index (κ1) is 15.2. The summed E-state index contributed by atoms with van der Waals surface area (Å²) in [5, 5.41) is 2.90. The van der Waals surface area contributed by atoms with Crippen molar-refractivity contribution in [2.75, 3.05) is 0 Å². The van der Waals surface area contributed by atoms with E-state index in [1.54, 1.807) is 24.5 Å². The van der Waals surface area contributed by atoms with Crippen molar-refractivity contribution >= 4 is 18.3 Å². The quantitative estimate of drug-likeness (QED) is 0.936. The minimum atomic E-state index is -0.0935. The summed E-state index contributed by atoms with van der Waals surface area (Å²) in [5.74, 6) is -0.0935. The molecule has 0 fully saturated rings. The molecule has 1 N–H and O–H groups in total. The van der Waals surface area contributed by atoms with Gasteiger partial charge in [-0.25, -0.2) is 0 Å². The van der Waals surface area contributed by atoms with Crippen molar-refractivity contribution in [3.63, 3.8) is 0 Å². The van der Waals surface area contributed by atoms with Crippen LogP contribution in [0.4, 0.5) is 0 Å². The van der Waals surface area contributed by atoms with Crippen molar-refractivity contribution in [1.29, 1.82) is 0 Å². The molecule has 1 aromatic heterocycles. The molecule has 1 heterocycles. The molecule has 0 aliphatic carbocycles. The van der Waals surface area contributed by atoms with E-state index in [1.807, 2.05) is 13.8 Å². The summed E-state index contributed by atoms with van der Waals surface area (Å²) in [6.07, 6.45) is 3.22. The van der Waals surface area contributed by atoms with Gasteiger partial charge in [-0.1, -0.05) is 23.8 Å². The number of nitrogens with one attached hydrogen (secondary N) is 1. The molecule has 2 rings (SSSR count). The van der Waals surface area contributed by atoms with Gasteiger partial charge in [-0.2, -0.15) is 0 Å². The SMILES string of the molecule is Cc1ccc(C)c(CNC(=O)c2cccnc2)c1.Cl. The van der Waals surface area contributed by atoms with Gasteiger partial charge in [-0.05, 0) is 37.1 Å². The molecule has 1 amide bonds. The maximum absolute atomic E-state index is 11.9. The van der Waals surface area contributed by atoms with E-state index in [4.69, 9.17) is 0 Å². The van der Waals surface area contributed by atoms with Gasteiger partial charge in [0.15, 0.2) is 0 Å². The molecule has 100 valence electrons. The second-order valence-electron chi connectivity index (χ2n) is 4.35. The predicted molar refractivity (Wildman–Crippen MR) is 78.6 cm³/mol. The molecule has 0 bridgehead atoms. The lowest BCUT2D eigenvalue weighted by Crippen LogP contribution is -2.23. The smallest absolute Gasteiger partial charge is 0.253 e. The zero-order chi connectivity index (χ0) is 13.0. The molecule has 0 unspecified atom stereocenters. The Kier molecular flexibility index (Phi) is 5.52. The number of halogens is 1. The molecule has 2 aromatic rings. The van der Waals surface area contributed by atoms with Crippen LogP contribution in [0.25, 0.3) is 0 Å². The molecule has 4 heteroatoms. The number of hydrogen-bond acceptors (Lipinski definition) is 2. The van der Waals surface area contributed by atoms with Crippen LogP contribution in [0.15, 0.2) is 42.7 Å². The van der Waals surface area contributed by atoms with Crippen LogP contribution in [-0.2, 0) is 6.54 Å². The molecule has 0 atom stereocenters. The van der Waals surface area contributed by atoms with Gasteiger partial charge >= 0.3 is 0 Å². The van der Waals surface area contributed by atoms with E-state index in [-0.39, 0.29) is 18.3 Å². The molecular formula is C15H17ClN2O. The van der Waals surface area contributed by atoms with Crippen molar-refractivity contribution < 1.29 is 4.79 Å². The van der Waals surface area contributed by atoms with Crippen molar-refractivity contribution in [3.05, 3.63) is 65.0 Å². The number of rotatable bonds is 3. The van der Waals surface area contributed by atoms with Crippen molar-refractivity contribution in [3.8, 4) is 0 Å². The topological polar surface area (TPSA) is 42.0 Å². The Morgan fingerprint density at radius 1 is 1.26 bits per heavy atom. The fourth-order valence-electron chi connectivity index (χ4n) is 1.77. The highest BCUT2D eigenvalue weighted by Gasteiger charge is 2.05. The van der Waals surface area contributed by atoms with Crippen LogP contribution in [0.5, 0.6) is 0 Å². The molecule has 0 saturated heterocycles. The zero-order valence-corrected chi connectivity index (χ0v) is 11.8. The first-order valence-corrected chi connectivity index (χ1v) is 5.91. The van der Waals surface area contributed by atoms with Gasteiger partial charge in [-0.15, -0.1) is 12.4 Å². The highest BCUT2D eigenvalue weighted by Crippen LogP contribution is 2.10. The number of benzene rings is 1. The maximum Gasteiger partial charge on any atom is 0.253 e. The molecule has 0 aliphatic heterocycles. The summed E-state index contributed by atoms with van der Waals surface area (Å²) >= 11 is 0. The minimum Gasteiger partial charge on any atom is -0.348 e. The van der Waals surface area contributed by atoms with E-state index in [2.05, 4.69) is 28.5 Å². The molecule has 0 saturated carbocycles. The lowest BCUT2D eigenvalue weighted by atomic mass is 10.1. The van der Waals surface area contributed by atoms with Crippen molar-refractivity contribution in [2.45, 2.75) is 20.4 Å². The normalized spacial score (nSPS) is 9.58. The van der Waals surface area contributed by atoms with Gasteiger partial charge in [0.05, 0.1) is 5.56 Å². The van der Waals surface area contributed by atoms with Gasteiger partial charge < -0.3 is 5.32 Å². The van der Waals surface area contributed by atoms with Crippen molar-refractivity contribution in [1.82, 2.24) is 10.3 Å². The van der Waals surface area contributed by atoms with Crippen molar-refractivity contribution in [2.24, 2.45) is 0 Å². The molecule has 19 heavy (non-hydrogen) atoms. The largest absolute Gasteiger partial charge is 0.348 e. The third-order valence-corrected chi connectivity index (χ3v) is 2.87. The first-order valence-electron chi connectivity index (χ1n) is 5.91. The van der Waals surface area contributed by atoms with Gasteiger partial charge in [0, 0.05) is 18.9 Å². The maximum atomic E-state index is 11.9. The van der Waals surface area contributed by atoms with E-state index in [0.717, 1.165) is 5.56 Å². The highest BCUT2D eigenvalue weighted by atomic mass is 35.5. The van der Waals surface area contributed by atoms with Gasteiger partial charge in [0.2, 0.25) is 0 Å². The molecular weight excluding hydrogens is 260 g/mol. The monoisotopic (exact) mass is 276 g/mol. The van der Waals surface area contributed by atoms with Crippen LogP contribution in [0.1, 0.15) is 27.0 Å². The van der Waals surface area contributed by atoms with E-state index < -0.39 is 0 Å². The Morgan fingerprint density at radius 3 is 2.74 bits per heavy atom. The van der Waals surface area contributed by atoms with Gasteiger partial charge in [0.1, 0.15) is 0 Å². The standard InChI is InChI=1S/C15H16N2O.ClH/c1-11-5-6-12(2)14(8-11)10-17-15(18)13-4-3-7-16-9-13;/h3-9H,10H2,1-2H3,(H,17,18);1H. The Hall–Kier alpha value is -1.87. The molecule has 0 aliphatic rings. The number of amides is 1. The summed E-state index contributed by atoms with van der Waals surface area (Å²) in [4.78, 5) is 15.8. The van der Waals surface area contributed by atoms with E-state index >= 15 is 0 Å². The summed E-state index contributed by atoms with van der Waals surface area (Å²) in [5.41, 5.74) is 4.12. The number of hydrogen-bond donors (Lipinski definition) is 1. The first-order chi connectivity index (χ1) is 8.66. The molecule has 0 spiro atoms. The summed E-state index contributed by atoms with van der Waals surface area (Å²) < 4.78 is 0. The van der Waals surface area contributed by atoms with Crippen LogP contribution in [0.2, 0.25) is 0 Å². The van der Waals surface area contributed by atoms with Crippen LogP contribution >= 0.6 is 12.4 Å². The summed E-state index contributed by atoms with van der Waals surface area (Å²) in [6, 6.07) is 9.75. The predicted octanol–water partition coefficient (Wildman–Crippen LogP) is 3.05. The second-order valence-corrected chi connectivity index (χ2v) is 4.35. The van der Waals surface area contributed by atoms with E-state index in [1.165, 1.54) is 11.1 Å². The number of nitrogens with zero attached hydrogens (tertiary/aromatic N) is 1. The number of carbonyl (C=O) groups is 1. The van der Waals surface area contributed by atoms with Crippen LogP contribution < -0.4 is 5.32 Å². The third kappa shape index (κ3) is 4.07. The zero-order valence-electron chi connectivity index (χ0n) is 11.0. The van der Waals surface area contributed by atoms with E-state index in [0.29, 0.717) is 12.1 Å². The number of aromatic nitrogens is 1. The Labute approximate surface area is 119 Å². The molecule has 0 radical (unpaired) electrons. The highest BCUT2D eigenvalue weighted by molar-refractivity contribution is 5.93. The van der Waals surface area contributed by atoms with Crippen LogP contribution in [0, 0.1) is 13.8 Å². The van der Waals surface area contributed by atoms with Crippen LogP contribution in [-0.4, -0.2) is 10.9 Å². The average Bonchev–Trinajstić information content (AvgIpc) is 2.40. The number of pyridine rings is 1. The Bertz CT molecular complexity index is 555.